The largest absolute Gasteiger partial charge is 0.373 e. The summed E-state index contributed by atoms with van der Waals surface area (Å²) in [5.41, 5.74) is 3.15. The number of benzene rings is 2. The van der Waals surface area contributed by atoms with Gasteiger partial charge in [0.2, 0.25) is 5.91 Å². The average Bonchev–Trinajstić information content (AvgIpc) is 2.96. The van der Waals surface area contributed by atoms with Crippen molar-refractivity contribution in [3.63, 3.8) is 0 Å². The molecule has 2 aliphatic heterocycles. The van der Waals surface area contributed by atoms with Crippen molar-refractivity contribution in [1.29, 1.82) is 0 Å². The maximum absolute atomic E-state index is 12.5. The summed E-state index contributed by atoms with van der Waals surface area (Å²) < 4.78 is 0. The van der Waals surface area contributed by atoms with Crippen molar-refractivity contribution in [2.75, 3.05) is 10.6 Å². The van der Waals surface area contributed by atoms with Gasteiger partial charge < -0.3 is 10.6 Å². The summed E-state index contributed by atoms with van der Waals surface area (Å²) in [5, 5.41) is 6.03. The zero-order valence-electron chi connectivity index (χ0n) is 10.6. The van der Waals surface area contributed by atoms with E-state index in [-0.39, 0.29) is 11.7 Å². The van der Waals surface area contributed by atoms with Crippen LogP contribution in [-0.2, 0) is 4.79 Å². The lowest BCUT2D eigenvalue weighted by molar-refractivity contribution is -0.117. The number of Topliss-reactive ketones (excluding diaryl/α,β-unsaturated/α-hetero) is 1. The highest BCUT2D eigenvalue weighted by atomic mass is 16.2. The molecule has 0 unspecified atom stereocenters. The molecule has 2 N–H and O–H groups in total. The number of fused-ring (bicyclic) bond motifs is 2. The van der Waals surface area contributed by atoms with Gasteiger partial charge in [-0.1, -0.05) is 30.3 Å². The normalized spacial score (nSPS) is 23.0. The number of hydrogen-bond donors (Lipinski definition) is 2. The fraction of sp³-hybridized carbons (Fsp3) is 0.125. The summed E-state index contributed by atoms with van der Waals surface area (Å²) in [6.07, 6.45) is 0. The van der Waals surface area contributed by atoms with Gasteiger partial charge in [-0.3, -0.25) is 9.59 Å². The predicted octanol–water partition coefficient (Wildman–Crippen LogP) is 2.40. The summed E-state index contributed by atoms with van der Waals surface area (Å²) in [7, 11) is 0. The predicted molar refractivity (Wildman–Crippen MR) is 76.0 cm³/mol. The molecule has 0 radical (unpaired) electrons. The maximum atomic E-state index is 12.5. The van der Waals surface area contributed by atoms with Gasteiger partial charge in [0.05, 0.1) is 5.92 Å². The summed E-state index contributed by atoms with van der Waals surface area (Å²) in [4.78, 5) is 24.7. The number of ketones is 1. The van der Waals surface area contributed by atoms with E-state index in [4.69, 9.17) is 0 Å². The van der Waals surface area contributed by atoms with E-state index in [0.717, 1.165) is 16.9 Å². The Labute approximate surface area is 115 Å². The Kier molecular flexibility index (Phi) is 2.21. The van der Waals surface area contributed by atoms with E-state index in [1.54, 1.807) is 6.07 Å². The number of amides is 1. The zero-order chi connectivity index (χ0) is 13.7. The molecule has 2 atom stereocenters. The molecule has 20 heavy (non-hydrogen) atoms. The number of carbonyl (C=O) groups excluding carboxylic acids is 2. The number of hydrogen-bond acceptors (Lipinski definition) is 3. The van der Waals surface area contributed by atoms with E-state index in [1.165, 1.54) is 0 Å². The second-order valence-corrected chi connectivity index (χ2v) is 5.09. The number of anilines is 2. The number of carbonyl (C=O) groups is 2. The Balaban J connectivity index is 1.77. The van der Waals surface area contributed by atoms with E-state index in [2.05, 4.69) is 10.6 Å². The van der Waals surface area contributed by atoms with E-state index >= 15 is 0 Å². The molecular weight excluding hydrogens is 252 g/mol. The first-order valence-corrected chi connectivity index (χ1v) is 6.55. The quantitative estimate of drug-likeness (QED) is 0.831. The minimum atomic E-state index is -0.518. The first kappa shape index (κ1) is 11.2. The fourth-order valence-corrected chi connectivity index (χ4v) is 3.02. The maximum Gasteiger partial charge on any atom is 0.234 e. The molecule has 2 aromatic carbocycles. The Morgan fingerprint density at radius 1 is 0.850 bits per heavy atom. The van der Waals surface area contributed by atoms with E-state index in [1.807, 2.05) is 42.5 Å². The van der Waals surface area contributed by atoms with Crippen LogP contribution >= 0.6 is 0 Å². The summed E-state index contributed by atoms with van der Waals surface area (Å²) in [6, 6.07) is 14.4. The average molecular weight is 264 g/mol. The highest BCUT2D eigenvalue weighted by Crippen LogP contribution is 2.39. The zero-order valence-corrected chi connectivity index (χ0v) is 10.6. The number of nitrogens with one attached hydrogen (secondary N) is 2. The molecule has 4 heteroatoms. The number of para-hydroxylation sites is 2. The van der Waals surface area contributed by atoms with Crippen LogP contribution in [0, 0.1) is 0 Å². The van der Waals surface area contributed by atoms with Crippen LogP contribution in [0.25, 0.3) is 0 Å². The second-order valence-electron chi connectivity index (χ2n) is 5.09. The van der Waals surface area contributed by atoms with Gasteiger partial charge in [0.1, 0.15) is 6.04 Å². The minimum absolute atomic E-state index is 0.0162. The molecule has 4 nitrogen and oxygen atoms in total. The van der Waals surface area contributed by atoms with E-state index in [9.17, 15) is 9.59 Å². The van der Waals surface area contributed by atoms with Crippen molar-refractivity contribution in [2.24, 2.45) is 0 Å². The summed E-state index contributed by atoms with van der Waals surface area (Å²) in [6.45, 7) is 0. The first-order valence-electron chi connectivity index (χ1n) is 6.55. The molecule has 2 aromatic rings. The van der Waals surface area contributed by atoms with E-state index in [0.29, 0.717) is 5.56 Å². The van der Waals surface area contributed by atoms with Crippen LogP contribution in [0.4, 0.5) is 11.4 Å². The Bertz CT molecular complexity index is 739. The molecule has 4 rings (SSSR count). The molecular formula is C16H12N2O2. The van der Waals surface area contributed by atoms with Gasteiger partial charge >= 0.3 is 0 Å². The van der Waals surface area contributed by atoms with Crippen LogP contribution in [0.1, 0.15) is 21.8 Å². The molecule has 1 amide bonds. The molecule has 0 saturated heterocycles. The van der Waals surface area contributed by atoms with Gasteiger partial charge in [0.25, 0.3) is 0 Å². The van der Waals surface area contributed by atoms with Gasteiger partial charge in [0, 0.05) is 16.9 Å². The molecule has 0 spiro atoms. The van der Waals surface area contributed by atoms with Gasteiger partial charge in [-0.2, -0.15) is 0 Å². The van der Waals surface area contributed by atoms with Gasteiger partial charge in [-0.15, -0.1) is 0 Å². The SMILES string of the molecule is O=C1c2ccccc2N[C@@H]1[C@H]1C(=O)Nc2ccccc21. The Morgan fingerprint density at radius 2 is 1.55 bits per heavy atom. The highest BCUT2D eigenvalue weighted by Gasteiger charge is 2.44. The van der Waals surface area contributed by atoms with Crippen molar-refractivity contribution in [3.05, 3.63) is 59.7 Å². The Hall–Kier alpha value is -2.62. The highest BCUT2D eigenvalue weighted by molar-refractivity contribution is 6.16. The van der Waals surface area contributed by atoms with Crippen LogP contribution in [-0.4, -0.2) is 17.7 Å². The lowest BCUT2D eigenvalue weighted by Crippen LogP contribution is -2.34. The third-order valence-corrected chi connectivity index (χ3v) is 3.96. The van der Waals surface area contributed by atoms with Gasteiger partial charge in [0.15, 0.2) is 5.78 Å². The molecule has 2 heterocycles. The second kappa shape index (κ2) is 3.93. The minimum Gasteiger partial charge on any atom is -0.373 e. The van der Waals surface area contributed by atoms with Crippen molar-refractivity contribution in [1.82, 2.24) is 0 Å². The molecule has 0 aliphatic carbocycles. The third-order valence-electron chi connectivity index (χ3n) is 3.96. The topological polar surface area (TPSA) is 58.2 Å². The summed E-state index contributed by atoms with van der Waals surface area (Å²) in [5.74, 6) is -0.603. The van der Waals surface area contributed by atoms with Crippen LogP contribution < -0.4 is 10.6 Å². The standard InChI is InChI=1S/C16H12N2O2/c19-15-10-6-2-4-8-12(10)17-14(15)13-9-5-1-3-7-11(9)18-16(13)20/h1-8,13-14,17H,(H,18,20)/t13-,14+/m0/s1. The van der Waals surface area contributed by atoms with Crippen LogP contribution in [0.3, 0.4) is 0 Å². The monoisotopic (exact) mass is 264 g/mol. The van der Waals surface area contributed by atoms with Gasteiger partial charge in [-0.05, 0) is 23.8 Å². The lowest BCUT2D eigenvalue weighted by Gasteiger charge is -2.16. The van der Waals surface area contributed by atoms with Crippen LogP contribution in [0.2, 0.25) is 0 Å². The van der Waals surface area contributed by atoms with Crippen molar-refractivity contribution in [3.8, 4) is 0 Å². The van der Waals surface area contributed by atoms with Crippen molar-refractivity contribution >= 4 is 23.1 Å². The lowest BCUT2D eigenvalue weighted by atomic mass is 9.90. The van der Waals surface area contributed by atoms with Gasteiger partial charge in [-0.25, -0.2) is 0 Å². The molecule has 2 aliphatic rings. The van der Waals surface area contributed by atoms with Crippen LogP contribution in [0.5, 0.6) is 0 Å². The van der Waals surface area contributed by atoms with Crippen LogP contribution in [0.15, 0.2) is 48.5 Å². The molecule has 0 aromatic heterocycles. The van der Waals surface area contributed by atoms with Crippen molar-refractivity contribution in [2.45, 2.75) is 12.0 Å². The smallest absolute Gasteiger partial charge is 0.234 e. The third kappa shape index (κ3) is 1.42. The fourth-order valence-electron chi connectivity index (χ4n) is 3.02. The summed E-state index contributed by atoms with van der Waals surface area (Å²) >= 11 is 0. The molecule has 0 fully saturated rings. The number of rotatable bonds is 1. The molecule has 0 bridgehead atoms. The van der Waals surface area contributed by atoms with Crippen molar-refractivity contribution < 1.29 is 9.59 Å². The molecule has 98 valence electrons. The molecule has 0 saturated carbocycles. The van der Waals surface area contributed by atoms with E-state index < -0.39 is 12.0 Å². The Morgan fingerprint density at radius 3 is 2.35 bits per heavy atom. The first-order chi connectivity index (χ1) is 9.75.